The van der Waals surface area contributed by atoms with E-state index < -0.39 is 0 Å². The molecule has 1 fully saturated rings. The first-order chi connectivity index (χ1) is 11.0. The first-order valence-electron chi connectivity index (χ1n) is 8.45. The molecular weight excluding hydrogens is 291 g/mol. The van der Waals surface area contributed by atoms with Crippen LogP contribution in [-0.4, -0.2) is 43.1 Å². The van der Waals surface area contributed by atoms with Crippen molar-refractivity contribution in [2.24, 2.45) is 4.99 Å². The Bertz CT molecular complexity index is 504. The Morgan fingerprint density at radius 2 is 1.78 bits per heavy atom. The van der Waals surface area contributed by atoms with Crippen molar-refractivity contribution < 1.29 is 4.39 Å². The minimum Gasteiger partial charge on any atom is -0.355 e. The highest BCUT2D eigenvalue weighted by atomic mass is 19.1. The summed E-state index contributed by atoms with van der Waals surface area (Å²) in [6.07, 6.45) is 3.93. The molecule has 1 saturated heterocycles. The molecule has 1 heterocycles. The molecule has 23 heavy (non-hydrogen) atoms. The molecule has 0 radical (unpaired) electrons. The van der Waals surface area contributed by atoms with Crippen LogP contribution in [0.25, 0.3) is 0 Å². The fourth-order valence-electron chi connectivity index (χ4n) is 2.92. The second kappa shape index (κ2) is 8.29. The highest BCUT2D eigenvalue weighted by Crippen LogP contribution is 2.19. The van der Waals surface area contributed by atoms with Gasteiger partial charge < -0.3 is 10.6 Å². The number of likely N-dealkylation sites (tertiary alicyclic amines) is 1. The molecule has 0 unspecified atom stereocenters. The predicted molar refractivity (Wildman–Crippen MR) is 94.1 cm³/mol. The maximum Gasteiger partial charge on any atom is 0.191 e. The van der Waals surface area contributed by atoms with Crippen LogP contribution in [0.1, 0.15) is 38.7 Å². The fourth-order valence-corrected chi connectivity index (χ4v) is 2.92. The number of rotatable bonds is 5. The van der Waals surface area contributed by atoms with Crippen molar-refractivity contribution in [1.29, 1.82) is 0 Å². The van der Waals surface area contributed by atoms with Crippen molar-refractivity contribution >= 4 is 5.96 Å². The molecule has 128 valence electrons. The van der Waals surface area contributed by atoms with Crippen LogP contribution in [0.5, 0.6) is 0 Å². The maximum absolute atomic E-state index is 12.9. The zero-order chi connectivity index (χ0) is 16.7. The van der Waals surface area contributed by atoms with E-state index in [2.05, 4.69) is 34.4 Å². The number of hydrogen-bond acceptors (Lipinski definition) is 2. The van der Waals surface area contributed by atoms with Crippen LogP contribution in [0.3, 0.4) is 0 Å². The molecule has 1 aromatic carbocycles. The standard InChI is InChI=1S/C18H29FN4/c1-18(2,23-11-5-4-6-12-23)14-22-17(20-3)21-13-15-7-9-16(19)10-8-15/h7-10H,4-6,11-14H2,1-3H3,(H2,20,21,22). The maximum atomic E-state index is 12.9. The molecule has 2 N–H and O–H groups in total. The molecule has 1 aliphatic rings. The van der Waals surface area contributed by atoms with Crippen molar-refractivity contribution in [2.75, 3.05) is 26.7 Å². The van der Waals surface area contributed by atoms with Crippen LogP contribution in [0.2, 0.25) is 0 Å². The number of nitrogens with zero attached hydrogens (tertiary/aromatic N) is 2. The SMILES string of the molecule is CN=C(NCc1ccc(F)cc1)NCC(C)(C)N1CCCCC1. The highest BCUT2D eigenvalue weighted by molar-refractivity contribution is 5.79. The summed E-state index contributed by atoms with van der Waals surface area (Å²) >= 11 is 0. The average Bonchev–Trinajstić information content (AvgIpc) is 2.57. The number of piperidine rings is 1. The van der Waals surface area contributed by atoms with Crippen LogP contribution >= 0.6 is 0 Å². The van der Waals surface area contributed by atoms with Crippen LogP contribution in [0.4, 0.5) is 4.39 Å². The van der Waals surface area contributed by atoms with Gasteiger partial charge >= 0.3 is 0 Å². The molecule has 0 amide bonds. The fraction of sp³-hybridized carbons (Fsp3) is 0.611. The van der Waals surface area contributed by atoms with E-state index in [0.717, 1.165) is 18.1 Å². The third-order valence-corrected chi connectivity index (χ3v) is 4.50. The summed E-state index contributed by atoms with van der Waals surface area (Å²) in [5, 5.41) is 6.69. The molecule has 0 aliphatic carbocycles. The van der Waals surface area contributed by atoms with Gasteiger partial charge in [0.05, 0.1) is 0 Å². The molecule has 2 rings (SSSR count). The molecule has 4 nitrogen and oxygen atoms in total. The summed E-state index contributed by atoms with van der Waals surface area (Å²) in [6, 6.07) is 6.53. The van der Waals surface area contributed by atoms with Crippen molar-refractivity contribution in [2.45, 2.75) is 45.2 Å². The van der Waals surface area contributed by atoms with Crippen molar-refractivity contribution in [3.63, 3.8) is 0 Å². The second-order valence-electron chi connectivity index (χ2n) is 6.77. The molecule has 0 bridgehead atoms. The third-order valence-electron chi connectivity index (χ3n) is 4.50. The Hall–Kier alpha value is -1.62. The van der Waals surface area contributed by atoms with E-state index in [4.69, 9.17) is 0 Å². The first kappa shape index (κ1) is 17.7. The number of guanidine groups is 1. The van der Waals surface area contributed by atoms with Gasteiger partial charge in [-0.15, -0.1) is 0 Å². The molecule has 1 aliphatic heterocycles. The van der Waals surface area contributed by atoms with Crippen molar-refractivity contribution in [3.05, 3.63) is 35.6 Å². The quantitative estimate of drug-likeness (QED) is 0.647. The van der Waals surface area contributed by atoms with Gasteiger partial charge in [-0.3, -0.25) is 9.89 Å². The summed E-state index contributed by atoms with van der Waals surface area (Å²) < 4.78 is 12.9. The lowest BCUT2D eigenvalue weighted by Gasteiger charge is -2.41. The Morgan fingerprint density at radius 1 is 1.13 bits per heavy atom. The Balaban J connectivity index is 1.81. The van der Waals surface area contributed by atoms with E-state index in [-0.39, 0.29) is 11.4 Å². The Labute approximate surface area is 139 Å². The summed E-state index contributed by atoms with van der Waals surface area (Å²) in [6.45, 7) is 8.38. The lowest BCUT2D eigenvalue weighted by atomic mass is 9.98. The number of halogens is 1. The summed E-state index contributed by atoms with van der Waals surface area (Å²) in [7, 11) is 1.77. The minimum atomic E-state index is -0.209. The number of benzene rings is 1. The largest absolute Gasteiger partial charge is 0.355 e. The Morgan fingerprint density at radius 3 is 2.39 bits per heavy atom. The second-order valence-corrected chi connectivity index (χ2v) is 6.77. The molecule has 0 saturated carbocycles. The van der Waals surface area contributed by atoms with Gasteiger partial charge in [-0.2, -0.15) is 0 Å². The van der Waals surface area contributed by atoms with E-state index >= 15 is 0 Å². The van der Waals surface area contributed by atoms with E-state index in [1.54, 1.807) is 19.2 Å². The van der Waals surface area contributed by atoms with E-state index in [1.807, 2.05) is 0 Å². The van der Waals surface area contributed by atoms with E-state index in [0.29, 0.717) is 6.54 Å². The molecule has 0 atom stereocenters. The van der Waals surface area contributed by atoms with Gasteiger partial charge in [-0.05, 0) is 57.5 Å². The van der Waals surface area contributed by atoms with Gasteiger partial charge in [0.1, 0.15) is 5.82 Å². The van der Waals surface area contributed by atoms with Crippen LogP contribution in [-0.2, 0) is 6.54 Å². The molecular formula is C18H29FN4. The molecule has 5 heteroatoms. The van der Waals surface area contributed by atoms with Crippen molar-refractivity contribution in [3.8, 4) is 0 Å². The number of nitrogens with one attached hydrogen (secondary N) is 2. The monoisotopic (exact) mass is 320 g/mol. The predicted octanol–water partition coefficient (Wildman–Crippen LogP) is 2.76. The van der Waals surface area contributed by atoms with Gasteiger partial charge in [-0.25, -0.2) is 4.39 Å². The number of aliphatic imine (C=N–C) groups is 1. The number of hydrogen-bond donors (Lipinski definition) is 2. The summed E-state index contributed by atoms with van der Waals surface area (Å²) in [5.41, 5.74) is 1.14. The summed E-state index contributed by atoms with van der Waals surface area (Å²) in [5.74, 6) is 0.568. The average molecular weight is 320 g/mol. The first-order valence-corrected chi connectivity index (χ1v) is 8.45. The van der Waals surface area contributed by atoms with Crippen LogP contribution < -0.4 is 10.6 Å². The lowest BCUT2D eigenvalue weighted by Crippen LogP contribution is -2.54. The molecule has 0 aromatic heterocycles. The van der Waals surface area contributed by atoms with Gasteiger partial charge in [0, 0.05) is 25.7 Å². The van der Waals surface area contributed by atoms with Gasteiger partial charge in [0.15, 0.2) is 5.96 Å². The zero-order valence-corrected chi connectivity index (χ0v) is 14.5. The molecule has 0 spiro atoms. The lowest BCUT2D eigenvalue weighted by molar-refractivity contribution is 0.0982. The van der Waals surface area contributed by atoms with E-state index in [9.17, 15) is 4.39 Å². The topological polar surface area (TPSA) is 39.7 Å². The smallest absolute Gasteiger partial charge is 0.191 e. The highest BCUT2D eigenvalue weighted by Gasteiger charge is 2.27. The third kappa shape index (κ3) is 5.50. The van der Waals surface area contributed by atoms with Crippen LogP contribution in [0, 0.1) is 5.82 Å². The molecule has 1 aromatic rings. The Kier molecular flexibility index (Phi) is 6.39. The van der Waals surface area contributed by atoms with Crippen LogP contribution in [0.15, 0.2) is 29.3 Å². The van der Waals surface area contributed by atoms with E-state index in [1.165, 1.54) is 44.5 Å². The summed E-state index contributed by atoms with van der Waals surface area (Å²) in [4.78, 5) is 6.82. The van der Waals surface area contributed by atoms with Gasteiger partial charge in [0.25, 0.3) is 0 Å². The van der Waals surface area contributed by atoms with Gasteiger partial charge in [-0.1, -0.05) is 18.6 Å². The minimum absolute atomic E-state index is 0.105. The van der Waals surface area contributed by atoms with Gasteiger partial charge in [0.2, 0.25) is 0 Å². The normalized spacial score (nSPS) is 17.1. The van der Waals surface area contributed by atoms with Crippen molar-refractivity contribution in [1.82, 2.24) is 15.5 Å². The zero-order valence-electron chi connectivity index (χ0n) is 14.5.